The lowest BCUT2D eigenvalue weighted by Gasteiger charge is -2.14. The van der Waals surface area contributed by atoms with E-state index in [0.717, 1.165) is 11.1 Å². The normalized spacial score (nSPS) is 12.0. The average molecular weight is 433 g/mol. The molecule has 0 radical (unpaired) electrons. The first kappa shape index (κ1) is 23.0. The van der Waals surface area contributed by atoms with E-state index in [9.17, 15) is 22.8 Å². The summed E-state index contributed by atoms with van der Waals surface area (Å²) in [5.41, 5.74) is 2.57. The Labute approximate surface area is 174 Å². The van der Waals surface area contributed by atoms with E-state index in [1.165, 1.54) is 31.2 Å². The van der Waals surface area contributed by atoms with Gasteiger partial charge in [0.25, 0.3) is 11.8 Å². The van der Waals surface area contributed by atoms with E-state index in [2.05, 4.69) is 10.6 Å². The van der Waals surface area contributed by atoms with Crippen LogP contribution in [0.4, 0.5) is 5.69 Å². The summed E-state index contributed by atoms with van der Waals surface area (Å²) in [6.45, 7) is 4.70. The lowest BCUT2D eigenvalue weighted by atomic mass is 10.1. The Morgan fingerprint density at radius 3 is 2.13 bits per heavy atom. The molecule has 10 heteroatoms. The van der Waals surface area contributed by atoms with Gasteiger partial charge in [-0.3, -0.25) is 14.4 Å². The van der Waals surface area contributed by atoms with Crippen LogP contribution in [0, 0.1) is 13.8 Å². The Kier molecular flexibility index (Phi) is 7.30. The van der Waals surface area contributed by atoms with Gasteiger partial charge < -0.3 is 15.4 Å². The van der Waals surface area contributed by atoms with Gasteiger partial charge in [-0.25, -0.2) is 13.6 Å². The van der Waals surface area contributed by atoms with Gasteiger partial charge in [-0.15, -0.1) is 0 Å². The zero-order valence-electron chi connectivity index (χ0n) is 16.8. The summed E-state index contributed by atoms with van der Waals surface area (Å²) in [6.07, 6.45) is -1.13. The first-order chi connectivity index (χ1) is 14.0. The van der Waals surface area contributed by atoms with Gasteiger partial charge in [-0.05, 0) is 57.2 Å². The summed E-state index contributed by atoms with van der Waals surface area (Å²) >= 11 is 0. The molecule has 2 aromatic rings. The zero-order valence-corrected chi connectivity index (χ0v) is 17.6. The molecule has 0 fully saturated rings. The number of primary sulfonamides is 1. The van der Waals surface area contributed by atoms with Gasteiger partial charge in [-0.2, -0.15) is 0 Å². The number of nitrogens with two attached hydrogens (primary N) is 1. The fourth-order valence-corrected chi connectivity index (χ4v) is 3.14. The molecular weight excluding hydrogens is 410 g/mol. The topological polar surface area (TPSA) is 145 Å². The fraction of sp³-hybridized carbons (Fsp3) is 0.250. The number of anilines is 1. The van der Waals surface area contributed by atoms with E-state index in [1.54, 1.807) is 12.1 Å². The zero-order chi connectivity index (χ0) is 22.5. The quantitative estimate of drug-likeness (QED) is 0.561. The smallest absolute Gasteiger partial charge is 0.326 e. The summed E-state index contributed by atoms with van der Waals surface area (Å²) < 4.78 is 27.5. The molecule has 1 unspecified atom stereocenters. The van der Waals surface area contributed by atoms with Crippen molar-refractivity contribution in [2.45, 2.75) is 31.8 Å². The van der Waals surface area contributed by atoms with Gasteiger partial charge in [0.15, 0.2) is 6.10 Å². The number of esters is 1. The number of carbonyl (C=O) groups excluding carboxylic acids is 3. The van der Waals surface area contributed by atoms with Crippen LogP contribution in [0.2, 0.25) is 0 Å². The van der Waals surface area contributed by atoms with Crippen molar-refractivity contribution in [3.63, 3.8) is 0 Å². The second kappa shape index (κ2) is 9.51. The lowest BCUT2D eigenvalue weighted by Crippen LogP contribution is -2.35. The van der Waals surface area contributed by atoms with E-state index in [0.29, 0.717) is 11.3 Å². The SMILES string of the molecule is Cc1cc(C)cc(C(=O)NCC(=O)OC(C)C(=O)Nc2ccc(S(N)(=O)=O)cc2)c1. The Morgan fingerprint density at radius 1 is 1.03 bits per heavy atom. The molecule has 0 aliphatic rings. The number of rotatable bonds is 7. The molecule has 30 heavy (non-hydrogen) atoms. The Balaban J connectivity index is 1.85. The van der Waals surface area contributed by atoms with E-state index in [4.69, 9.17) is 9.88 Å². The molecule has 160 valence electrons. The minimum absolute atomic E-state index is 0.0977. The van der Waals surface area contributed by atoms with Crippen LogP contribution >= 0.6 is 0 Å². The second-order valence-electron chi connectivity index (χ2n) is 6.75. The molecule has 2 amide bonds. The van der Waals surface area contributed by atoms with Gasteiger partial charge >= 0.3 is 5.97 Å². The highest BCUT2D eigenvalue weighted by Crippen LogP contribution is 2.13. The predicted octanol–water partition coefficient (Wildman–Crippen LogP) is 1.25. The van der Waals surface area contributed by atoms with Crippen LogP contribution in [0.3, 0.4) is 0 Å². The van der Waals surface area contributed by atoms with Crippen molar-refractivity contribution in [3.05, 3.63) is 59.2 Å². The van der Waals surface area contributed by atoms with Gasteiger partial charge in [0.1, 0.15) is 6.54 Å². The molecule has 2 rings (SSSR count). The van der Waals surface area contributed by atoms with Crippen LogP contribution in [0.25, 0.3) is 0 Å². The third-order valence-corrected chi connectivity index (χ3v) is 4.93. The number of hydrogen-bond donors (Lipinski definition) is 3. The maximum absolute atomic E-state index is 12.2. The van der Waals surface area contributed by atoms with Crippen molar-refractivity contribution >= 4 is 33.5 Å². The first-order valence-electron chi connectivity index (χ1n) is 8.95. The molecule has 9 nitrogen and oxygen atoms in total. The second-order valence-corrected chi connectivity index (χ2v) is 8.31. The lowest BCUT2D eigenvalue weighted by molar-refractivity contribution is -0.152. The number of hydrogen-bond acceptors (Lipinski definition) is 6. The summed E-state index contributed by atoms with van der Waals surface area (Å²) in [6, 6.07) is 10.5. The number of aryl methyl sites for hydroxylation is 2. The van der Waals surface area contributed by atoms with Gasteiger partial charge in [-0.1, -0.05) is 17.2 Å². The number of sulfonamides is 1. The van der Waals surface area contributed by atoms with Crippen molar-refractivity contribution in [3.8, 4) is 0 Å². The highest BCUT2D eigenvalue weighted by molar-refractivity contribution is 7.89. The highest BCUT2D eigenvalue weighted by Gasteiger charge is 2.19. The summed E-state index contributed by atoms with van der Waals surface area (Å²) in [5.74, 6) is -1.82. The largest absolute Gasteiger partial charge is 0.451 e. The molecule has 0 aliphatic heterocycles. The molecule has 2 aromatic carbocycles. The van der Waals surface area contributed by atoms with Crippen molar-refractivity contribution < 1.29 is 27.5 Å². The number of ether oxygens (including phenoxy) is 1. The van der Waals surface area contributed by atoms with Gasteiger partial charge in [0, 0.05) is 11.3 Å². The van der Waals surface area contributed by atoms with Crippen molar-refractivity contribution in [1.29, 1.82) is 0 Å². The fourth-order valence-electron chi connectivity index (χ4n) is 2.62. The van der Waals surface area contributed by atoms with Gasteiger partial charge in [0.2, 0.25) is 10.0 Å². The monoisotopic (exact) mass is 433 g/mol. The van der Waals surface area contributed by atoms with Crippen molar-refractivity contribution in [2.24, 2.45) is 5.14 Å². The summed E-state index contributed by atoms with van der Waals surface area (Å²) in [5, 5.41) is 9.95. The number of carbonyl (C=O) groups is 3. The predicted molar refractivity (Wildman–Crippen MR) is 110 cm³/mol. The molecule has 4 N–H and O–H groups in total. The maximum atomic E-state index is 12.2. The van der Waals surface area contributed by atoms with Crippen LogP contribution in [-0.4, -0.2) is 38.9 Å². The molecule has 0 heterocycles. The number of nitrogens with one attached hydrogen (secondary N) is 2. The number of benzene rings is 2. The van der Waals surface area contributed by atoms with Gasteiger partial charge in [0.05, 0.1) is 4.90 Å². The first-order valence-corrected chi connectivity index (χ1v) is 10.5. The van der Waals surface area contributed by atoms with Crippen LogP contribution in [0.5, 0.6) is 0 Å². The van der Waals surface area contributed by atoms with Crippen LogP contribution in [-0.2, 0) is 24.3 Å². The summed E-state index contributed by atoms with van der Waals surface area (Å²) in [7, 11) is -3.84. The van der Waals surface area contributed by atoms with Crippen LogP contribution < -0.4 is 15.8 Å². The Morgan fingerprint density at radius 2 is 1.60 bits per heavy atom. The molecule has 0 bridgehead atoms. The molecule has 0 aromatic heterocycles. The third-order valence-electron chi connectivity index (χ3n) is 4.00. The van der Waals surface area contributed by atoms with E-state index in [-0.39, 0.29) is 4.90 Å². The highest BCUT2D eigenvalue weighted by atomic mass is 32.2. The minimum atomic E-state index is -3.84. The Hall–Kier alpha value is -3.24. The average Bonchev–Trinajstić information content (AvgIpc) is 2.65. The summed E-state index contributed by atoms with van der Waals surface area (Å²) in [4.78, 5) is 36.1. The standard InChI is InChI=1S/C20H23N3O6S/c1-12-8-13(2)10-15(9-12)20(26)22-11-18(24)29-14(3)19(25)23-16-4-6-17(7-5-16)30(21,27)28/h4-10,14H,11H2,1-3H3,(H,22,26)(H,23,25)(H2,21,27,28). The third kappa shape index (κ3) is 6.68. The van der Waals surface area contributed by atoms with E-state index in [1.807, 2.05) is 19.9 Å². The maximum Gasteiger partial charge on any atom is 0.326 e. The van der Waals surface area contributed by atoms with Crippen molar-refractivity contribution in [1.82, 2.24) is 5.32 Å². The minimum Gasteiger partial charge on any atom is -0.451 e. The number of amides is 2. The molecule has 0 spiro atoms. The molecule has 0 saturated carbocycles. The van der Waals surface area contributed by atoms with Crippen LogP contribution in [0.15, 0.2) is 47.4 Å². The van der Waals surface area contributed by atoms with Crippen molar-refractivity contribution in [2.75, 3.05) is 11.9 Å². The van der Waals surface area contributed by atoms with Crippen LogP contribution in [0.1, 0.15) is 28.4 Å². The van der Waals surface area contributed by atoms with E-state index < -0.39 is 40.5 Å². The molecule has 0 aliphatic carbocycles. The van der Waals surface area contributed by atoms with E-state index >= 15 is 0 Å². The molecular formula is C20H23N3O6S. The molecule has 1 atom stereocenters. The Bertz CT molecular complexity index is 1040. The molecule has 0 saturated heterocycles.